The van der Waals surface area contributed by atoms with Crippen LogP contribution in [0.2, 0.25) is 0 Å². The van der Waals surface area contributed by atoms with E-state index < -0.39 is 0 Å². The Bertz CT molecular complexity index is 216. The number of carbonyl (C=O) groups is 1. The number of hydrogen-bond acceptors (Lipinski definition) is 3. The van der Waals surface area contributed by atoms with E-state index in [4.69, 9.17) is 4.74 Å². The second kappa shape index (κ2) is 4.97. The van der Waals surface area contributed by atoms with Gasteiger partial charge in [-0.1, -0.05) is 20.8 Å². The van der Waals surface area contributed by atoms with Gasteiger partial charge in [-0.15, -0.1) is 0 Å². The first-order valence-electron chi connectivity index (χ1n) is 5.75. The Labute approximate surface area is 92.6 Å². The van der Waals surface area contributed by atoms with Crippen molar-refractivity contribution in [3.05, 3.63) is 0 Å². The molecule has 0 bridgehead atoms. The summed E-state index contributed by atoms with van der Waals surface area (Å²) in [6.45, 7) is 7.51. The molecular weight excluding hydrogens is 190 g/mol. The molecule has 1 aliphatic rings. The van der Waals surface area contributed by atoms with E-state index in [1.54, 1.807) is 0 Å². The van der Waals surface area contributed by atoms with Gasteiger partial charge in [-0.3, -0.25) is 4.79 Å². The second-order valence-electron chi connectivity index (χ2n) is 5.60. The summed E-state index contributed by atoms with van der Waals surface area (Å²) in [5, 5.41) is 3.31. The maximum atomic E-state index is 11.5. The zero-order valence-electron chi connectivity index (χ0n) is 10.3. The number of methoxy groups -OCH3 is 1. The van der Waals surface area contributed by atoms with Crippen LogP contribution in [0, 0.1) is 11.3 Å². The molecule has 3 nitrogen and oxygen atoms in total. The molecule has 0 spiro atoms. The van der Waals surface area contributed by atoms with E-state index in [0.717, 1.165) is 25.8 Å². The van der Waals surface area contributed by atoms with Crippen LogP contribution in [-0.2, 0) is 9.53 Å². The molecule has 0 saturated heterocycles. The van der Waals surface area contributed by atoms with Crippen LogP contribution in [0.1, 0.15) is 40.0 Å². The van der Waals surface area contributed by atoms with Gasteiger partial charge in [-0.05, 0) is 37.1 Å². The van der Waals surface area contributed by atoms with Gasteiger partial charge in [0.25, 0.3) is 0 Å². The first-order valence-corrected chi connectivity index (χ1v) is 5.75. The number of rotatable bonds is 5. The standard InChI is InChI=1S/C12H23NO2/c1-12(2,3)7-8-13-10(9-5-6-9)11(14)15-4/h9-10,13H,5-8H2,1-4H3. The van der Waals surface area contributed by atoms with Crippen molar-refractivity contribution in [2.75, 3.05) is 13.7 Å². The third-order valence-corrected chi connectivity index (χ3v) is 2.79. The largest absolute Gasteiger partial charge is 0.468 e. The summed E-state index contributed by atoms with van der Waals surface area (Å²) in [5.74, 6) is 0.406. The summed E-state index contributed by atoms with van der Waals surface area (Å²) in [6.07, 6.45) is 3.39. The molecule has 0 heterocycles. The molecule has 88 valence electrons. The fraction of sp³-hybridized carbons (Fsp3) is 0.917. The quantitative estimate of drug-likeness (QED) is 0.709. The smallest absolute Gasteiger partial charge is 0.323 e. The van der Waals surface area contributed by atoms with Crippen LogP contribution in [0.4, 0.5) is 0 Å². The molecule has 0 aromatic rings. The van der Waals surface area contributed by atoms with Gasteiger partial charge in [0.05, 0.1) is 7.11 Å². The molecule has 15 heavy (non-hydrogen) atoms. The summed E-state index contributed by atoms with van der Waals surface area (Å²) < 4.78 is 4.79. The van der Waals surface area contributed by atoms with Crippen molar-refractivity contribution in [2.24, 2.45) is 11.3 Å². The monoisotopic (exact) mass is 213 g/mol. The topological polar surface area (TPSA) is 38.3 Å². The minimum Gasteiger partial charge on any atom is -0.468 e. The fourth-order valence-corrected chi connectivity index (χ4v) is 1.60. The molecule has 1 saturated carbocycles. The minimum absolute atomic E-state index is 0.0719. The molecule has 1 fully saturated rings. The molecule has 0 aromatic carbocycles. The van der Waals surface area contributed by atoms with Crippen molar-refractivity contribution >= 4 is 5.97 Å². The Kier molecular flexibility index (Phi) is 4.14. The Hall–Kier alpha value is -0.570. The lowest BCUT2D eigenvalue weighted by atomic mass is 9.92. The molecular formula is C12H23NO2. The average Bonchev–Trinajstić information content (AvgIpc) is 2.93. The minimum atomic E-state index is -0.105. The van der Waals surface area contributed by atoms with Crippen molar-refractivity contribution in [1.29, 1.82) is 0 Å². The van der Waals surface area contributed by atoms with E-state index in [-0.39, 0.29) is 12.0 Å². The summed E-state index contributed by atoms with van der Waals surface area (Å²) in [7, 11) is 1.46. The van der Waals surface area contributed by atoms with Gasteiger partial charge in [0.1, 0.15) is 6.04 Å². The van der Waals surface area contributed by atoms with Crippen molar-refractivity contribution in [3.8, 4) is 0 Å². The Morgan fingerprint density at radius 1 is 1.47 bits per heavy atom. The van der Waals surface area contributed by atoms with Crippen molar-refractivity contribution in [2.45, 2.75) is 46.1 Å². The van der Waals surface area contributed by atoms with E-state index in [2.05, 4.69) is 26.1 Å². The van der Waals surface area contributed by atoms with E-state index in [0.29, 0.717) is 11.3 Å². The molecule has 1 atom stereocenters. The molecule has 1 rings (SSSR count). The van der Waals surface area contributed by atoms with Crippen LogP contribution in [0.25, 0.3) is 0 Å². The summed E-state index contributed by atoms with van der Waals surface area (Å²) in [6, 6.07) is -0.0719. The van der Waals surface area contributed by atoms with Crippen molar-refractivity contribution in [1.82, 2.24) is 5.32 Å². The van der Waals surface area contributed by atoms with Gasteiger partial charge < -0.3 is 10.1 Å². The van der Waals surface area contributed by atoms with Crippen LogP contribution < -0.4 is 5.32 Å². The van der Waals surface area contributed by atoms with E-state index >= 15 is 0 Å². The predicted octanol–water partition coefficient (Wildman–Crippen LogP) is 1.96. The number of esters is 1. The Morgan fingerprint density at radius 2 is 2.07 bits per heavy atom. The highest BCUT2D eigenvalue weighted by Gasteiger charge is 2.36. The first kappa shape index (κ1) is 12.5. The van der Waals surface area contributed by atoms with Crippen LogP contribution in [-0.4, -0.2) is 25.7 Å². The van der Waals surface area contributed by atoms with Gasteiger partial charge in [-0.25, -0.2) is 0 Å². The number of carbonyl (C=O) groups excluding carboxylic acids is 1. The highest BCUT2D eigenvalue weighted by molar-refractivity contribution is 5.76. The van der Waals surface area contributed by atoms with Gasteiger partial charge in [-0.2, -0.15) is 0 Å². The van der Waals surface area contributed by atoms with E-state index in [9.17, 15) is 4.79 Å². The third kappa shape index (κ3) is 4.65. The van der Waals surface area contributed by atoms with Crippen LogP contribution in [0.15, 0.2) is 0 Å². The van der Waals surface area contributed by atoms with Gasteiger partial charge >= 0.3 is 5.97 Å². The van der Waals surface area contributed by atoms with E-state index in [1.807, 2.05) is 0 Å². The zero-order valence-corrected chi connectivity index (χ0v) is 10.3. The fourth-order valence-electron chi connectivity index (χ4n) is 1.60. The molecule has 0 radical (unpaired) electrons. The lowest BCUT2D eigenvalue weighted by Crippen LogP contribution is -2.40. The van der Waals surface area contributed by atoms with Crippen LogP contribution >= 0.6 is 0 Å². The van der Waals surface area contributed by atoms with Gasteiger partial charge in [0.15, 0.2) is 0 Å². The molecule has 1 N–H and O–H groups in total. The second-order valence-corrected chi connectivity index (χ2v) is 5.60. The van der Waals surface area contributed by atoms with Crippen molar-refractivity contribution < 1.29 is 9.53 Å². The molecule has 0 aliphatic heterocycles. The summed E-state index contributed by atoms with van der Waals surface area (Å²) in [4.78, 5) is 11.5. The maximum absolute atomic E-state index is 11.5. The molecule has 0 aromatic heterocycles. The zero-order chi connectivity index (χ0) is 11.5. The molecule has 3 heteroatoms. The Morgan fingerprint density at radius 3 is 2.47 bits per heavy atom. The third-order valence-electron chi connectivity index (χ3n) is 2.79. The average molecular weight is 213 g/mol. The van der Waals surface area contributed by atoms with Crippen molar-refractivity contribution in [3.63, 3.8) is 0 Å². The lowest BCUT2D eigenvalue weighted by molar-refractivity contribution is -0.143. The number of hydrogen-bond donors (Lipinski definition) is 1. The predicted molar refractivity (Wildman–Crippen MR) is 60.6 cm³/mol. The number of ether oxygens (including phenoxy) is 1. The lowest BCUT2D eigenvalue weighted by Gasteiger charge is -2.21. The summed E-state index contributed by atoms with van der Waals surface area (Å²) >= 11 is 0. The molecule has 0 amide bonds. The molecule has 1 aliphatic carbocycles. The number of nitrogens with one attached hydrogen (secondary N) is 1. The van der Waals surface area contributed by atoms with Crippen LogP contribution in [0.3, 0.4) is 0 Å². The molecule has 1 unspecified atom stereocenters. The van der Waals surface area contributed by atoms with Crippen LogP contribution in [0.5, 0.6) is 0 Å². The maximum Gasteiger partial charge on any atom is 0.323 e. The Balaban J connectivity index is 2.29. The highest BCUT2D eigenvalue weighted by Crippen LogP contribution is 2.33. The van der Waals surface area contributed by atoms with E-state index in [1.165, 1.54) is 7.11 Å². The highest BCUT2D eigenvalue weighted by atomic mass is 16.5. The summed E-state index contributed by atoms with van der Waals surface area (Å²) in [5.41, 5.74) is 0.317. The van der Waals surface area contributed by atoms with Gasteiger partial charge in [0, 0.05) is 0 Å². The first-order chi connectivity index (χ1) is 6.94. The normalized spacial score (nSPS) is 18.7. The SMILES string of the molecule is COC(=O)C(NCCC(C)(C)C)C1CC1. The van der Waals surface area contributed by atoms with Gasteiger partial charge in [0.2, 0.25) is 0 Å².